The van der Waals surface area contributed by atoms with Gasteiger partial charge in [0, 0.05) is 117 Å². The molecule has 0 amide bonds. The highest BCUT2D eigenvalue weighted by molar-refractivity contribution is 7.38. The minimum absolute atomic E-state index is 1.24. The number of thiophene rings is 12. The van der Waals surface area contributed by atoms with Crippen molar-refractivity contribution in [3.05, 3.63) is 206 Å². The number of hydrogen-bond donors (Lipinski definition) is 0. The zero-order valence-electron chi connectivity index (χ0n) is 43.5. The van der Waals surface area contributed by atoms with Crippen LogP contribution in [0.15, 0.2) is 206 Å². The van der Waals surface area contributed by atoms with Crippen molar-refractivity contribution in [1.29, 1.82) is 0 Å². The van der Waals surface area contributed by atoms with E-state index in [1.807, 2.05) is 136 Å². The van der Waals surface area contributed by atoms with Crippen LogP contribution in [0.3, 0.4) is 0 Å². The Morgan fingerprint density at radius 3 is 0.917 bits per heavy atom. The molecule has 0 saturated heterocycles. The van der Waals surface area contributed by atoms with Crippen molar-refractivity contribution >= 4 is 254 Å². The molecule has 0 atom stereocenters. The van der Waals surface area contributed by atoms with Crippen molar-refractivity contribution in [2.75, 3.05) is 0 Å². The number of rotatable bonds is 7. The van der Waals surface area contributed by atoms with E-state index >= 15 is 0 Å². The van der Waals surface area contributed by atoms with Gasteiger partial charge in [-0.05, 0) is 164 Å². The second-order valence-corrected chi connectivity index (χ2v) is 34.4. The van der Waals surface area contributed by atoms with E-state index in [1.165, 1.54) is 191 Å². The van der Waals surface area contributed by atoms with Crippen LogP contribution in [0.5, 0.6) is 0 Å². The van der Waals surface area contributed by atoms with Crippen molar-refractivity contribution in [3.63, 3.8) is 0 Å². The SMILES string of the molecule is c1ccc(-c2cc3cc4sc5cc(-c6cc7sc8cc9cc(-c%10cccc(-c%11cccc(-c%12cc%13sc%14cc%15sc(-c%16cc%17cc%18c(cc%17s%16)sc%16cc(-c%17ccccc%17)sc%16%18)cc%15cc%14c%13s%12)c%11)c%10)sc9cc8c7s6)sc5c4cc3s2)cc1. The smallest absolute Gasteiger partial charge is 0.0536 e. The van der Waals surface area contributed by atoms with Crippen LogP contribution >= 0.6 is 136 Å². The summed E-state index contributed by atoms with van der Waals surface area (Å²) in [6.45, 7) is 0. The lowest BCUT2D eigenvalue weighted by Gasteiger charge is -2.06. The Morgan fingerprint density at radius 2 is 0.452 bits per heavy atom. The summed E-state index contributed by atoms with van der Waals surface area (Å²) in [5.74, 6) is 0. The van der Waals surface area contributed by atoms with E-state index in [9.17, 15) is 0 Å². The Morgan fingerprint density at radius 1 is 0.155 bits per heavy atom. The first-order valence-electron chi connectivity index (χ1n) is 27.4. The van der Waals surface area contributed by atoms with E-state index in [0.717, 1.165) is 0 Å². The second-order valence-electron chi connectivity index (χ2n) is 21.5. The molecule has 0 aliphatic heterocycles. The zero-order valence-corrected chi connectivity index (χ0v) is 53.3. The Balaban J connectivity index is 0.572. The third kappa shape index (κ3) is 7.63. The molecule has 20 aromatic rings. The van der Waals surface area contributed by atoms with Gasteiger partial charge in [-0.15, -0.1) is 136 Å². The molecule has 0 aliphatic rings. The first kappa shape index (κ1) is 48.5. The topological polar surface area (TPSA) is 0 Å². The van der Waals surface area contributed by atoms with Gasteiger partial charge < -0.3 is 0 Å². The standard InChI is InChI=1S/C72H34S12/c1-3-9-35(10-4-1)49-21-43-23-57-47(27-51(43)73-49)71-67(77-57)33-63(83-71)64-34-68-72(84-64)48-28-52-44(24-58(48)78-68)22-50(74-52)39-15-7-13-37(17-39)38-14-8-16-40(18-38)54-32-66-70(82-54)46-20-42-26-62(76-56(42)30-60(46)80-66)61-25-41-19-45-59(29-55(41)75-61)79-65-31-53(81-69(45)65)36-11-5-2-6-12-36/h1-34H. The quantitative estimate of drug-likeness (QED) is 0.149. The lowest BCUT2D eigenvalue weighted by atomic mass is 10.00. The van der Waals surface area contributed by atoms with Gasteiger partial charge in [-0.1, -0.05) is 97.1 Å². The number of hydrogen-bond acceptors (Lipinski definition) is 12. The molecule has 84 heavy (non-hydrogen) atoms. The molecule has 20 rings (SSSR count). The maximum atomic E-state index is 2.47. The summed E-state index contributed by atoms with van der Waals surface area (Å²) in [6.07, 6.45) is 0. The first-order chi connectivity index (χ1) is 41.4. The van der Waals surface area contributed by atoms with Gasteiger partial charge in [0.05, 0.1) is 18.8 Å². The lowest BCUT2D eigenvalue weighted by molar-refractivity contribution is 1.62. The monoisotopic (exact) mass is 1280 g/mol. The van der Waals surface area contributed by atoms with Crippen molar-refractivity contribution in [1.82, 2.24) is 0 Å². The minimum Gasteiger partial charge on any atom is -0.135 e. The maximum absolute atomic E-state index is 2.47. The summed E-state index contributed by atoms with van der Waals surface area (Å²) < 4.78 is 22.1. The third-order valence-electron chi connectivity index (χ3n) is 16.4. The highest BCUT2D eigenvalue weighted by Crippen LogP contribution is 2.53. The largest absolute Gasteiger partial charge is 0.135 e. The Bertz CT molecular complexity index is 6000. The molecule has 0 spiro atoms. The van der Waals surface area contributed by atoms with E-state index in [1.54, 1.807) is 0 Å². The van der Waals surface area contributed by atoms with Gasteiger partial charge in [0.2, 0.25) is 0 Å². The molecule has 0 unspecified atom stereocenters. The molecular weight excluding hydrogens is 1250 g/mol. The molecule has 0 fully saturated rings. The molecule has 0 aliphatic carbocycles. The Hall–Kier alpha value is -6.72. The van der Waals surface area contributed by atoms with Gasteiger partial charge in [0.1, 0.15) is 0 Å². The second kappa shape index (κ2) is 18.4. The van der Waals surface area contributed by atoms with Crippen molar-refractivity contribution < 1.29 is 0 Å². The van der Waals surface area contributed by atoms with Gasteiger partial charge in [0.15, 0.2) is 0 Å². The summed E-state index contributed by atoms with van der Waals surface area (Å²) in [6, 6.07) is 78.8. The van der Waals surface area contributed by atoms with Gasteiger partial charge in [-0.2, -0.15) is 0 Å². The molecule has 394 valence electrons. The summed E-state index contributed by atoms with van der Waals surface area (Å²) in [5.41, 5.74) is 7.62. The van der Waals surface area contributed by atoms with E-state index in [-0.39, 0.29) is 0 Å². The summed E-state index contributed by atoms with van der Waals surface area (Å²) in [7, 11) is 0. The van der Waals surface area contributed by atoms with Crippen molar-refractivity contribution in [2.24, 2.45) is 0 Å². The highest BCUT2D eigenvalue weighted by Gasteiger charge is 2.21. The van der Waals surface area contributed by atoms with Crippen LogP contribution in [0.1, 0.15) is 0 Å². The minimum atomic E-state index is 1.24. The van der Waals surface area contributed by atoms with Gasteiger partial charge in [-0.25, -0.2) is 0 Å². The highest BCUT2D eigenvalue weighted by atomic mass is 32.1. The molecule has 0 saturated carbocycles. The predicted octanol–water partition coefficient (Wildman–Crippen LogP) is 27.9. The molecular formula is C72H34S12. The van der Waals surface area contributed by atoms with E-state index in [2.05, 4.69) is 206 Å². The fourth-order valence-electron chi connectivity index (χ4n) is 12.3. The van der Waals surface area contributed by atoms with Gasteiger partial charge in [-0.3, -0.25) is 0 Å². The van der Waals surface area contributed by atoms with Crippen LogP contribution in [0.25, 0.3) is 191 Å². The van der Waals surface area contributed by atoms with Crippen LogP contribution in [-0.4, -0.2) is 0 Å². The summed E-state index contributed by atoms with van der Waals surface area (Å²) in [4.78, 5) is 10.8. The number of fused-ring (bicyclic) bond motifs is 16. The Labute approximate surface area is 527 Å². The molecule has 12 heterocycles. The van der Waals surface area contributed by atoms with Crippen molar-refractivity contribution in [3.8, 4) is 72.4 Å². The van der Waals surface area contributed by atoms with Crippen LogP contribution < -0.4 is 0 Å². The van der Waals surface area contributed by atoms with Crippen LogP contribution in [0.2, 0.25) is 0 Å². The average molecular weight is 1280 g/mol. The van der Waals surface area contributed by atoms with Gasteiger partial charge in [0.25, 0.3) is 0 Å². The molecule has 0 bridgehead atoms. The van der Waals surface area contributed by atoms with Crippen molar-refractivity contribution in [2.45, 2.75) is 0 Å². The molecule has 12 heteroatoms. The Kier molecular flexibility index (Phi) is 10.6. The average Bonchev–Trinajstić information content (AvgIpc) is 2.73. The van der Waals surface area contributed by atoms with E-state index in [0.29, 0.717) is 0 Å². The molecule has 0 radical (unpaired) electrons. The summed E-state index contributed by atoms with van der Waals surface area (Å²) >= 11 is 23.2. The molecule has 8 aromatic carbocycles. The van der Waals surface area contributed by atoms with Crippen LogP contribution in [-0.2, 0) is 0 Å². The fourth-order valence-corrected chi connectivity index (χ4v) is 27.1. The lowest BCUT2D eigenvalue weighted by Crippen LogP contribution is -1.81. The summed E-state index contributed by atoms with van der Waals surface area (Å²) in [5, 5.41) is 10.9. The molecule has 0 N–H and O–H groups in total. The first-order valence-corrected chi connectivity index (χ1v) is 37.1. The van der Waals surface area contributed by atoms with Crippen LogP contribution in [0, 0.1) is 0 Å². The van der Waals surface area contributed by atoms with Crippen LogP contribution in [0.4, 0.5) is 0 Å². The van der Waals surface area contributed by atoms with E-state index in [4.69, 9.17) is 0 Å². The maximum Gasteiger partial charge on any atom is 0.0536 e. The van der Waals surface area contributed by atoms with Gasteiger partial charge >= 0.3 is 0 Å². The normalized spacial score (nSPS) is 12.5. The number of benzene rings is 8. The van der Waals surface area contributed by atoms with E-state index < -0.39 is 0 Å². The molecule has 12 aromatic heterocycles. The molecule has 0 nitrogen and oxygen atoms in total. The zero-order chi connectivity index (χ0) is 54.5. The predicted molar refractivity (Wildman–Crippen MR) is 389 cm³/mol. The third-order valence-corrected chi connectivity index (χ3v) is 30.9. The fraction of sp³-hybridized carbons (Fsp3) is 0.